The number of aliphatic hydroxyl groups excluding tert-OH is 1. The van der Waals surface area contributed by atoms with Crippen LogP contribution in [0.15, 0.2) is 11.6 Å². The van der Waals surface area contributed by atoms with Gasteiger partial charge >= 0.3 is 5.97 Å². The van der Waals surface area contributed by atoms with Gasteiger partial charge < -0.3 is 9.84 Å². The summed E-state index contributed by atoms with van der Waals surface area (Å²) in [7, 11) is 0. The third kappa shape index (κ3) is 16.7. The van der Waals surface area contributed by atoms with Gasteiger partial charge in [0.2, 0.25) is 0 Å². The topological polar surface area (TPSA) is 49.8 Å². The number of hydrogen-bond acceptors (Lipinski definition) is 4. The quantitative estimate of drug-likeness (QED) is 0.0866. The number of rotatable bonds is 24. The Morgan fingerprint density at radius 1 is 0.824 bits per heavy atom. The molecule has 1 saturated carbocycles. The summed E-state index contributed by atoms with van der Waals surface area (Å²) in [5.41, 5.74) is 1.66. The highest BCUT2D eigenvalue weighted by atomic mass is 16.5. The average Bonchev–Trinajstić information content (AvgIpc) is 2.79. The number of carbonyl (C=O) groups is 1. The number of ether oxygens (including phenoxy) is 1. The molecule has 0 amide bonds. The van der Waals surface area contributed by atoms with E-state index in [1.54, 1.807) is 5.57 Å². The van der Waals surface area contributed by atoms with E-state index >= 15 is 0 Å². The normalized spacial score (nSPS) is 13.8. The SMILES string of the molecule is CCCCCCC(=CCCCCC(=O)OCCCCCN(CCO)C1CCC1)CCCCCC. The fraction of sp³-hybridized carbons (Fsp3) is 0.900. The highest BCUT2D eigenvalue weighted by molar-refractivity contribution is 5.69. The van der Waals surface area contributed by atoms with Gasteiger partial charge in [0.15, 0.2) is 0 Å². The van der Waals surface area contributed by atoms with Crippen LogP contribution < -0.4 is 0 Å². The van der Waals surface area contributed by atoms with Crippen molar-refractivity contribution in [2.75, 3.05) is 26.3 Å². The van der Waals surface area contributed by atoms with E-state index in [0.717, 1.165) is 51.6 Å². The van der Waals surface area contributed by atoms with Crippen molar-refractivity contribution >= 4 is 5.97 Å². The molecule has 0 atom stereocenters. The predicted octanol–water partition coefficient (Wildman–Crippen LogP) is 7.97. The minimum Gasteiger partial charge on any atom is -0.466 e. The molecule has 0 saturated heterocycles. The van der Waals surface area contributed by atoms with E-state index in [-0.39, 0.29) is 12.6 Å². The second-order valence-electron chi connectivity index (χ2n) is 10.4. The minimum absolute atomic E-state index is 0.0280. The molecule has 1 fully saturated rings. The third-order valence-electron chi connectivity index (χ3n) is 7.30. The lowest BCUT2D eigenvalue weighted by Gasteiger charge is -2.37. The van der Waals surface area contributed by atoms with Crippen molar-refractivity contribution in [3.63, 3.8) is 0 Å². The molecule has 4 nitrogen and oxygen atoms in total. The number of carbonyl (C=O) groups excluding carboxylic acids is 1. The lowest BCUT2D eigenvalue weighted by molar-refractivity contribution is -0.143. The van der Waals surface area contributed by atoms with Crippen LogP contribution in [0.5, 0.6) is 0 Å². The largest absolute Gasteiger partial charge is 0.466 e. The number of unbranched alkanes of at least 4 members (excludes halogenated alkanes) is 10. The molecule has 0 aromatic heterocycles. The first-order valence-electron chi connectivity index (χ1n) is 14.9. The zero-order chi connectivity index (χ0) is 24.7. The van der Waals surface area contributed by atoms with Crippen molar-refractivity contribution in [2.24, 2.45) is 0 Å². The third-order valence-corrected chi connectivity index (χ3v) is 7.30. The van der Waals surface area contributed by atoms with E-state index in [4.69, 9.17) is 4.74 Å². The van der Waals surface area contributed by atoms with Gasteiger partial charge in [-0.25, -0.2) is 0 Å². The number of aliphatic hydroxyl groups is 1. The fourth-order valence-corrected chi connectivity index (χ4v) is 4.82. The molecule has 1 rings (SSSR count). The van der Waals surface area contributed by atoms with Crippen molar-refractivity contribution in [3.05, 3.63) is 11.6 Å². The van der Waals surface area contributed by atoms with Crippen molar-refractivity contribution in [1.82, 2.24) is 4.90 Å². The van der Waals surface area contributed by atoms with Crippen LogP contribution in [0.1, 0.15) is 142 Å². The maximum atomic E-state index is 12.0. The Balaban J connectivity index is 2.07. The van der Waals surface area contributed by atoms with Gasteiger partial charge in [0.05, 0.1) is 13.2 Å². The molecule has 1 aliphatic rings. The van der Waals surface area contributed by atoms with E-state index in [2.05, 4.69) is 24.8 Å². The highest BCUT2D eigenvalue weighted by Gasteiger charge is 2.23. The Labute approximate surface area is 211 Å². The summed E-state index contributed by atoms with van der Waals surface area (Å²) in [4.78, 5) is 14.5. The van der Waals surface area contributed by atoms with Crippen molar-refractivity contribution in [2.45, 2.75) is 148 Å². The Bertz CT molecular complexity index is 487. The zero-order valence-corrected chi connectivity index (χ0v) is 22.8. The van der Waals surface area contributed by atoms with Gasteiger partial charge in [-0.1, -0.05) is 70.4 Å². The lowest BCUT2D eigenvalue weighted by Crippen LogP contribution is -2.42. The molecule has 1 aliphatic carbocycles. The molecule has 0 radical (unpaired) electrons. The molecule has 0 aromatic carbocycles. The molecule has 0 aromatic rings. The van der Waals surface area contributed by atoms with E-state index in [1.807, 2.05) is 0 Å². The molecule has 0 heterocycles. The minimum atomic E-state index is -0.0280. The van der Waals surface area contributed by atoms with Gasteiger partial charge in [0.25, 0.3) is 0 Å². The summed E-state index contributed by atoms with van der Waals surface area (Å²) in [5, 5.41) is 9.24. The first-order chi connectivity index (χ1) is 16.7. The molecular weight excluding hydrogens is 422 g/mol. The Kier molecular flexibility index (Phi) is 20.7. The Morgan fingerprint density at radius 2 is 1.47 bits per heavy atom. The van der Waals surface area contributed by atoms with Crippen LogP contribution in [0.4, 0.5) is 0 Å². The monoisotopic (exact) mass is 479 g/mol. The van der Waals surface area contributed by atoms with Crippen molar-refractivity contribution < 1.29 is 14.6 Å². The van der Waals surface area contributed by atoms with Gasteiger partial charge in [-0.15, -0.1) is 0 Å². The van der Waals surface area contributed by atoms with Crippen LogP contribution in [0.3, 0.4) is 0 Å². The average molecular weight is 480 g/mol. The number of nitrogens with zero attached hydrogens (tertiary/aromatic N) is 1. The smallest absolute Gasteiger partial charge is 0.305 e. The summed E-state index contributed by atoms with van der Waals surface area (Å²) in [6, 6.07) is 0.693. The first kappa shape index (κ1) is 31.2. The molecule has 1 N–H and O–H groups in total. The van der Waals surface area contributed by atoms with Crippen LogP contribution in [-0.2, 0) is 9.53 Å². The number of allylic oxidation sites excluding steroid dienone is 2. The molecule has 0 spiro atoms. The molecule has 0 bridgehead atoms. The van der Waals surface area contributed by atoms with Crippen molar-refractivity contribution in [3.8, 4) is 0 Å². The van der Waals surface area contributed by atoms with E-state index in [0.29, 0.717) is 19.1 Å². The lowest BCUT2D eigenvalue weighted by atomic mass is 9.91. The standard InChI is InChI=1S/C30H57NO3/c1-3-5-7-11-18-28(19-12-8-6-4-2)20-13-9-14-23-30(33)34-27-16-10-15-24-31(25-26-32)29-21-17-22-29/h20,29,32H,3-19,21-27H2,1-2H3. The zero-order valence-electron chi connectivity index (χ0n) is 22.8. The van der Waals surface area contributed by atoms with Gasteiger partial charge in [-0.2, -0.15) is 0 Å². The van der Waals surface area contributed by atoms with E-state index < -0.39 is 0 Å². The maximum Gasteiger partial charge on any atom is 0.305 e. The van der Waals surface area contributed by atoms with Crippen LogP contribution in [0, 0.1) is 0 Å². The summed E-state index contributed by atoms with van der Waals surface area (Å²) in [6.07, 6.45) is 26.5. The summed E-state index contributed by atoms with van der Waals surface area (Å²) >= 11 is 0. The second-order valence-corrected chi connectivity index (χ2v) is 10.4. The number of hydrogen-bond donors (Lipinski definition) is 1. The van der Waals surface area contributed by atoms with E-state index in [9.17, 15) is 9.90 Å². The summed E-state index contributed by atoms with van der Waals surface area (Å²) < 4.78 is 5.45. The Hall–Kier alpha value is -0.870. The molecule has 4 heteroatoms. The van der Waals surface area contributed by atoms with Gasteiger partial charge in [-0.3, -0.25) is 9.69 Å². The first-order valence-corrected chi connectivity index (χ1v) is 14.9. The van der Waals surface area contributed by atoms with E-state index in [1.165, 1.54) is 83.5 Å². The number of esters is 1. The summed E-state index contributed by atoms with van der Waals surface area (Å²) in [6.45, 7) is 7.22. The summed E-state index contributed by atoms with van der Waals surface area (Å²) in [5.74, 6) is -0.0280. The fourth-order valence-electron chi connectivity index (χ4n) is 4.82. The molecule has 200 valence electrons. The van der Waals surface area contributed by atoms with Crippen LogP contribution >= 0.6 is 0 Å². The maximum absolute atomic E-state index is 12.0. The van der Waals surface area contributed by atoms with Gasteiger partial charge in [0.1, 0.15) is 0 Å². The molecular formula is C30H57NO3. The predicted molar refractivity (Wildman–Crippen MR) is 145 cm³/mol. The van der Waals surface area contributed by atoms with Gasteiger partial charge in [0, 0.05) is 19.0 Å². The van der Waals surface area contributed by atoms with Crippen LogP contribution in [-0.4, -0.2) is 48.3 Å². The second kappa shape index (κ2) is 22.6. The highest BCUT2D eigenvalue weighted by Crippen LogP contribution is 2.25. The van der Waals surface area contributed by atoms with Crippen LogP contribution in [0.2, 0.25) is 0 Å². The molecule has 0 unspecified atom stereocenters. The van der Waals surface area contributed by atoms with Crippen molar-refractivity contribution in [1.29, 1.82) is 0 Å². The molecule has 0 aliphatic heterocycles. The van der Waals surface area contributed by atoms with Gasteiger partial charge in [-0.05, 0) is 83.6 Å². The Morgan fingerprint density at radius 3 is 2.06 bits per heavy atom. The molecule has 34 heavy (non-hydrogen) atoms. The van der Waals surface area contributed by atoms with Crippen LogP contribution in [0.25, 0.3) is 0 Å².